The Kier molecular flexibility index (Phi) is 3.60. The highest BCUT2D eigenvalue weighted by Crippen LogP contribution is 2.09. The maximum atomic E-state index is 10.7. The molecule has 1 aromatic heterocycles. The van der Waals surface area contributed by atoms with Gasteiger partial charge < -0.3 is 0 Å². The second-order valence-electron chi connectivity index (χ2n) is 3.30. The van der Waals surface area contributed by atoms with Crippen LogP contribution in [0.5, 0.6) is 0 Å². The van der Waals surface area contributed by atoms with Crippen LogP contribution in [0.1, 0.15) is 18.2 Å². The Balaban J connectivity index is 2.69. The number of aromatic nitrogens is 1. The van der Waals surface area contributed by atoms with Gasteiger partial charge in [0.1, 0.15) is 0 Å². The first-order chi connectivity index (χ1) is 6.88. The van der Waals surface area contributed by atoms with Crippen LogP contribution in [0.4, 0.5) is 0 Å². The summed E-state index contributed by atoms with van der Waals surface area (Å²) in [6, 6.07) is 3.55. The third kappa shape index (κ3) is 4.22. The Morgan fingerprint density at radius 2 is 2.20 bits per heavy atom. The topological polar surface area (TPSA) is 56.3 Å². The molecule has 4 nitrogen and oxygen atoms in total. The fraction of sp³-hybridized carbons (Fsp3) is 0.300. The second-order valence-corrected chi connectivity index (χ2v) is 4.94. The average Bonchev–Trinajstić information content (AvgIpc) is 2.14. The average molecular weight is 227 g/mol. The van der Waals surface area contributed by atoms with Crippen LogP contribution in [0.2, 0.25) is 0 Å². The number of allylic oxidation sites excluding steroid dienone is 1. The van der Waals surface area contributed by atoms with Crippen molar-refractivity contribution in [2.45, 2.75) is 13.5 Å². The first kappa shape index (κ1) is 11.9. The predicted octanol–water partition coefficient (Wildman–Crippen LogP) is 1.59. The van der Waals surface area contributed by atoms with Crippen molar-refractivity contribution in [3.8, 4) is 0 Å². The summed E-state index contributed by atoms with van der Waals surface area (Å²) in [5.74, 6) is 0. The van der Waals surface area contributed by atoms with E-state index in [0.29, 0.717) is 5.56 Å². The molecule has 0 unspecified atom stereocenters. The molecule has 1 rings (SSSR count). The van der Waals surface area contributed by atoms with Crippen molar-refractivity contribution in [2.75, 3.05) is 6.26 Å². The normalized spacial score (nSPS) is 11.3. The SMILES string of the molecule is C=C(C)c1ccc(COS(C)(=O)=O)cn1. The van der Waals surface area contributed by atoms with E-state index in [1.165, 1.54) is 0 Å². The smallest absolute Gasteiger partial charge is 0.264 e. The molecule has 15 heavy (non-hydrogen) atoms. The first-order valence-corrected chi connectivity index (χ1v) is 6.15. The van der Waals surface area contributed by atoms with Gasteiger partial charge in [-0.15, -0.1) is 0 Å². The van der Waals surface area contributed by atoms with Gasteiger partial charge in [0.2, 0.25) is 0 Å². The van der Waals surface area contributed by atoms with Gasteiger partial charge in [-0.2, -0.15) is 8.42 Å². The predicted molar refractivity (Wildman–Crippen MR) is 58.6 cm³/mol. The molecule has 0 spiro atoms. The van der Waals surface area contributed by atoms with Gasteiger partial charge in [0, 0.05) is 6.20 Å². The van der Waals surface area contributed by atoms with Gasteiger partial charge in [-0.25, -0.2) is 0 Å². The van der Waals surface area contributed by atoms with Gasteiger partial charge in [0.05, 0.1) is 18.6 Å². The molecule has 0 radical (unpaired) electrons. The van der Waals surface area contributed by atoms with Crippen LogP contribution in [0.25, 0.3) is 5.57 Å². The summed E-state index contributed by atoms with van der Waals surface area (Å²) in [4.78, 5) is 4.10. The highest BCUT2D eigenvalue weighted by atomic mass is 32.2. The lowest BCUT2D eigenvalue weighted by molar-refractivity contribution is 0.311. The summed E-state index contributed by atoms with van der Waals surface area (Å²) in [6.45, 7) is 5.62. The minimum absolute atomic E-state index is 0.0162. The molecule has 0 bridgehead atoms. The van der Waals surface area contributed by atoms with Crippen molar-refractivity contribution in [2.24, 2.45) is 0 Å². The van der Waals surface area contributed by atoms with E-state index in [0.717, 1.165) is 17.5 Å². The molecule has 0 amide bonds. The highest BCUT2D eigenvalue weighted by Gasteiger charge is 2.03. The van der Waals surface area contributed by atoms with Crippen LogP contribution in [-0.2, 0) is 20.9 Å². The molecular weight excluding hydrogens is 214 g/mol. The summed E-state index contributed by atoms with van der Waals surface area (Å²) in [5.41, 5.74) is 2.37. The highest BCUT2D eigenvalue weighted by molar-refractivity contribution is 7.85. The minimum Gasteiger partial charge on any atom is -0.265 e. The van der Waals surface area contributed by atoms with E-state index < -0.39 is 10.1 Å². The fourth-order valence-electron chi connectivity index (χ4n) is 0.937. The van der Waals surface area contributed by atoms with Crippen molar-refractivity contribution in [1.29, 1.82) is 0 Å². The summed E-state index contributed by atoms with van der Waals surface area (Å²) in [5, 5.41) is 0. The number of nitrogens with zero attached hydrogens (tertiary/aromatic N) is 1. The first-order valence-electron chi connectivity index (χ1n) is 4.34. The van der Waals surface area contributed by atoms with Gasteiger partial charge in [-0.3, -0.25) is 9.17 Å². The molecule has 1 aromatic rings. The Morgan fingerprint density at radius 3 is 2.60 bits per heavy atom. The zero-order valence-corrected chi connectivity index (χ0v) is 9.54. The summed E-state index contributed by atoms with van der Waals surface area (Å²) in [7, 11) is -3.39. The van der Waals surface area contributed by atoms with Gasteiger partial charge in [-0.1, -0.05) is 12.6 Å². The fourth-order valence-corrected chi connectivity index (χ4v) is 1.29. The van der Waals surface area contributed by atoms with E-state index in [4.69, 9.17) is 0 Å². The Labute approximate surface area is 89.7 Å². The third-order valence-corrected chi connectivity index (χ3v) is 2.25. The third-order valence-electron chi connectivity index (χ3n) is 1.70. The number of pyridine rings is 1. The van der Waals surface area contributed by atoms with E-state index in [-0.39, 0.29) is 6.61 Å². The van der Waals surface area contributed by atoms with E-state index in [9.17, 15) is 8.42 Å². The maximum absolute atomic E-state index is 10.7. The summed E-state index contributed by atoms with van der Waals surface area (Å²) >= 11 is 0. The molecular formula is C10H13NO3S. The monoisotopic (exact) mass is 227 g/mol. The zero-order valence-electron chi connectivity index (χ0n) is 8.73. The molecule has 5 heteroatoms. The zero-order chi connectivity index (χ0) is 11.5. The van der Waals surface area contributed by atoms with E-state index in [1.54, 1.807) is 18.3 Å². The lowest BCUT2D eigenvalue weighted by atomic mass is 10.2. The van der Waals surface area contributed by atoms with E-state index >= 15 is 0 Å². The van der Waals surface area contributed by atoms with E-state index in [2.05, 4.69) is 15.7 Å². The van der Waals surface area contributed by atoms with Crippen LogP contribution >= 0.6 is 0 Å². The van der Waals surface area contributed by atoms with Crippen molar-refractivity contribution in [1.82, 2.24) is 4.98 Å². The number of rotatable bonds is 4. The summed E-state index contributed by atoms with van der Waals surface area (Å²) in [6.07, 6.45) is 2.60. The van der Waals surface area contributed by atoms with Crippen LogP contribution in [0, 0.1) is 0 Å². The molecule has 82 valence electrons. The lowest BCUT2D eigenvalue weighted by Crippen LogP contribution is -2.03. The molecule has 0 fully saturated rings. The van der Waals surface area contributed by atoms with Gasteiger partial charge >= 0.3 is 0 Å². The molecule has 0 saturated carbocycles. The van der Waals surface area contributed by atoms with Crippen molar-refractivity contribution in [3.63, 3.8) is 0 Å². The Morgan fingerprint density at radius 1 is 1.53 bits per heavy atom. The largest absolute Gasteiger partial charge is 0.265 e. The lowest BCUT2D eigenvalue weighted by Gasteiger charge is -2.02. The van der Waals surface area contributed by atoms with E-state index in [1.807, 2.05) is 6.92 Å². The molecule has 0 atom stereocenters. The molecule has 0 aliphatic rings. The van der Waals surface area contributed by atoms with Gasteiger partial charge in [0.25, 0.3) is 10.1 Å². The van der Waals surface area contributed by atoms with Crippen LogP contribution < -0.4 is 0 Å². The summed E-state index contributed by atoms with van der Waals surface area (Å²) < 4.78 is 26.1. The van der Waals surface area contributed by atoms with Crippen LogP contribution in [-0.4, -0.2) is 19.7 Å². The molecule has 0 aliphatic carbocycles. The standard InChI is InChI=1S/C10H13NO3S/c1-8(2)10-5-4-9(6-11-10)7-14-15(3,12)13/h4-6H,1,7H2,2-3H3. The molecule has 0 N–H and O–H groups in total. The van der Waals surface area contributed by atoms with Crippen molar-refractivity contribution in [3.05, 3.63) is 36.2 Å². The van der Waals surface area contributed by atoms with Gasteiger partial charge in [0.15, 0.2) is 0 Å². The number of hydrogen-bond acceptors (Lipinski definition) is 4. The van der Waals surface area contributed by atoms with Gasteiger partial charge in [-0.05, 0) is 24.1 Å². The molecule has 1 heterocycles. The Hall–Kier alpha value is -1.20. The Bertz CT molecular complexity index is 448. The van der Waals surface area contributed by atoms with Crippen LogP contribution in [0.15, 0.2) is 24.9 Å². The minimum atomic E-state index is -3.39. The van der Waals surface area contributed by atoms with Crippen LogP contribution in [0.3, 0.4) is 0 Å². The quantitative estimate of drug-likeness (QED) is 0.733. The molecule has 0 saturated heterocycles. The molecule has 0 aromatic carbocycles. The maximum Gasteiger partial charge on any atom is 0.264 e. The van der Waals surface area contributed by atoms with Crippen molar-refractivity contribution < 1.29 is 12.6 Å². The molecule has 0 aliphatic heterocycles. The second kappa shape index (κ2) is 4.55. The number of hydrogen-bond donors (Lipinski definition) is 0. The van der Waals surface area contributed by atoms with Crippen molar-refractivity contribution >= 4 is 15.7 Å².